The van der Waals surface area contributed by atoms with E-state index in [1.807, 2.05) is 66.7 Å². The van der Waals surface area contributed by atoms with Gasteiger partial charge in [-0.2, -0.15) is 5.10 Å². The third kappa shape index (κ3) is 5.57. The molecule has 4 N–H and O–H groups in total. The van der Waals surface area contributed by atoms with E-state index in [1.54, 1.807) is 17.1 Å². The summed E-state index contributed by atoms with van der Waals surface area (Å²) in [7, 11) is 0. The molecule has 0 spiro atoms. The van der Waals surface area contributed by atoms with Gasteiger partial charge in [-0.3, -0.25) is 10.3 Å². The van der Waals surface area contributed by atoms with Crippen LogP contribution < -0.4 is 16.4 Å². The summed E-state index contributed by atoms with van der Waals surface area (Å²) in [4.78, 5) is 16.8. The Morgan fingerprint density at radius 2 is 1.64 bits per heavy atom. The molecule has 7 nitrogen and oxygen atoms in total. The molecule has 0 radical (unpaired) electrons. The minimum Gasteiger partial charge on any atom is -0.399 e. The Morgan fingerprint density at radius 3 is 2.30 bits per heavy atom. The quantitative estimate of drug-likeness (QED) is 0.363. The lowest BCUT2D eigenvalue weighted by atomic mass is 9.92. The second kappa shape index (κ2) is 9.16. The Labute approximate surface area is 193 Å². The number of hydrogen-bond acceptors (Lipinski definition) is 4. The number of benzene rings is 2. The summed E-state index contributed by atoms with van der Waals surface area (Å²) >= 11 is 0. The van der Waals surface area contributed by atoms with Crippen LogP contribution in [0.15, 0.2) is 79.1 Å². The lowest BCUT2D eigenvalue weighted by molar-refractivity contribution is 0.262. The monoisotopic (exact) mass is 440 g/mol. The van der Waals surface area contributed by atoms with Gasteiger partial charge in [-0.05, 0) is 60.0 Å². The number of nitrogens with two attached hydrogens (primary N) is 1. The highest BCUT2D eigenvalue weighted by Crippen LogP contribution is 2.27. The maximum absolute atomic E-state index is 12.8. The highest BCUT2D eigenvalue weighted by molar-refractivity contribution is 5.99. The largest absolute Gasteiger partial charge is 0.399 e. The molecule has 4 rings (SSSR count). The summed E-state index contributed by atoms with van der Waals surface area (Å²) in [5.41, 5.74) is 11.1. The number of anilines is 3. The summed E-state index contributed by atoms with van der Waals surface area (Å²) in [5.74, 6) is 0.567. The van der Waals surface area contributed by atoms with Crippen molar-refractivity contribution in [3.05, 3.63) is 95.9 Å². The zero-order chi connectivity index (χ0) is 23.4. The van der Waals surface area contributed by atoms with E-state index in [0.717, 1.165) is 23.4 Å². The van der Waals surface area contributed by atoms with Crippen LogP contribution in [0.2, 0.25) is 0 Å². The van der Waals surface area contributed by atoms with Gasteiger partial charge in [0.25, 0.3) is 0 Å². The number of carbonyl (C=O) groups excluding carboxylic acids is 1. The Bertz CT molecular complexity index is 1240. The van der Waals surface area contributed by atoms with E-state index in [-0.39, 0.29) is 11.4 Å². The van der Waals surface area contributed by atoms with Crippen LogP contribution in [0, 0.1) is 0 Å². The van der Waals surface area contributed by atoms with E-state index in [1.165, 1.54) is 5.56 Å². The van der Waals surface area contributed by atoms with Gasteiger partial charge >= 0.3 is 6.03 Å². The molecule has 0 saturated heterocycles. The first-order chi connectivity index (χ1) is 15.8. The van der Waals surface area contributed by atoms with Crippen LogP contribution in [-0.4, -0.2) is 20.8 Å². The van der Waals surface area contributed by atoms with Crippen molar-refractivity contribution in [2.45, 2.75) is 32.6 Å². The third-order valence-electron chi connectivity index (χ3n) is 5.20. The van der Waals surface area contributed by atoms with Crippen LogP contribution >= 0.6 is 0 Å². The first-order valence-electron chi connectivity index (χ1n) is 10.8. The molecule has 33 heavy (non-hydrogen) atoms. The summed E-state index contributed by atoms with van der Waals surface area (Å²) in [6.45, 7) is 6.24. The molecular weight excluding hydrogens is 412 g/mol. The topological polar surface area (TPSA) is 97.9 Å². The standard InChI is InChI=1S/C26H28N6O/c1-26(2,3)23-17-24(32(31-23)22-6-4-5-20(27)16-22)30-25(33)29-21-9-7-18(8-10-21)15-19-11-13-28-14-12-19/h4-14,16-17H,15,27H2,1-3H3,(H2,29,30,33). The van der Waals surface area contributed by atoms with E-state index >= 15 is 0 Å². The molecule has 2 aromatic heterocycles. The van der Waals surface area contributed by atoms with Gasteiger partial charge in [-0.15, -0.1) is 0 Å². The first kappa shape index (κ1) is 22.1. The molecule has 0 unspecified atom stereocenters. The second-order valence-electron chi connectivity index (χ2n) is 8.98. The van der Waals surface area contributed by atoms with Gasteiger partial charge in [-0.1, -0.05) is 39.0 Å². The van der Waals surface area contributed by atoms with Crippen molar-refractivity contribution in [2.24, 2.45) is 0 Å². The van der Waals surface area contributed by atoms with Crippen LogP contribution in [0.25, 0.3) is 5.69 Å². The van der Waals surface area contributed by atoms with Crippen LogP contribution in [-0.2, 0) is 11.8 Å². The van der Waals surface area contributed by atoms with Gasteiger partial charge in [0.15, 0.2) is 0 Å². The number of aromatic nitrogens is 3. The van der Waals surface area contributed by atoms with Crippen LogP contribution in [0.5, 0.6) is 0 Å². The fourth-order valence-corrected chi connectivity index (χ4v) is 3.41. The van der Waals surface area contributed by atoms with E-state index in [4.69, 9.17) is 10.8 Å². The Kier molecular flexibility index (Phi) is 6.13. The molecular formula is C26H28N6O. The summed E-state index contributed by atoms with van der Waals surface area (Å²) in [5, 5.41) is 10.5. The fraction of sp³-hybridized carbons (Fsp3) is 0.192. The van der Waals surface area contributed by atoms with Gasteiger partial charge in [-0.25, -0.2) is 9.48 Å². The molecule has 2 heterocycles. The van der Waals surface area contributed by atoms with Crippen molar-refractivity contribution in [1.29, 1.82) is 0 Å². The molecule has 168 valence electrons. The smallest absolute Gasteiger partial charge is 0.324 e. The average molecular weight is 441 g/mol. The predicted octanol–water partition coefficient (Wildman–Crippen LogP) is 5.38. The molecule has 0 fully saturated rings. The Morgan fingerprint density at radius 1 is 0.939 bits per heavy atom. The number of urea groups is 1. The summed E-state index contributed by atoms with van der Waals surface area (Å²) in [6.07, 6.45) is 4.38. The molecule has 2 aromatic carbocycles. The number of nitrogens with zero attached hydrogens (tertiary/aromatic N) is 3. The van der Waals surface area contributed by atoms with Crippen molar-refractivity contribution in [1.82, 2.24) is 14.8 Å². The van der Waals surface area contributed by atoms with Crippen LogP contribution in [0.1, 0.15) is 37.6 Å². The van der Waals surface area contributed by atoms with Crippen molar-refractivity contribution in [2.75, 3.05) is 16.4 Å². The average Bonchev–Trinajstić information content (AvgIpc) is 3.20. The zero-order valence-corrected chi connectivity index (χ0v) is 19.0. The van der Waals surface area contributed by atoms with Crippen molar-refractivity contribution >= 4 is 23.2 Å². The van der Waals surface area contributed by atoms with Gasteiger partial charge in [0.2, 0.25) is 0 Å². The highest BCUT2D eigenvalue weighted by Gasteiger charge is 2.21. The van der Waals surface area contributed by atoms with Gasteiger partial charge in [0, 0.05) is 35.2 Å². The molecule has 0 aliphatic rings. The minimum absolute atomic E-state index is 0.177. The summed E-state index contributed by atoms with van der Waals surface area (Å²) < 4.78 is 1.70. The lowest BCUT2D eigenvalue weighted by Crippen LogP contribution is -2.21. The summed E-state index contributed by atoms with van der Waals surface area (Å²) in [6, 6.07) is 20.7. The van der Waals surface area contributed by atoms with E-state index in [2.05, 4.69) is 36.4 Å². The van der Waals surface area contributed by atoms with Gasteiger partial charge < -0.3 is 11.1 Å². The molecule has 4 aromatic rings. The molecule has 0 aliphatic carbocycles. The third-order valence-corrected chi connectivity index (χ3v) is 5.20. The van der Waals surface area contributed by atoms with E-state index in [0.29, 0.717) is 17.2 Å². The number of pyridine rings is 1. The van der Waals surface area contributed by atoms with Crippen molar-refractivity contribution < 1.29 is 4.79 Å². The number of amides is 2. The molecule has 2 amide bonds. The number of nitrogen functional groups attached to an aromatic ring is 1. The van der Waals surface area contributed by atoms with E-state index < -0.39 is 0 Å². The molecule has 7 heteroatoms. The maximum Gasteiger partial charge on any atom is 0.324 e. The minimum atomic E-state index is -0.345. The normalized spacial score (nSPS) is 11.2. The highest BCUT2D eigenvalue weighted by atomic mass is 16.2. The molecule has 0 bridgehead atoms. The number of nitrogens with one attached hydrogen (secondary N) is 2. The number of rotatable bonds is 5. The predicted molar refractivity (Wildman–Crippen MR) is 133 cm³/mol. The van der Waals surface area contributed by atoms with E-state index in [9.17, 15) is 4.79 Å². The Hall–Kier alpha value is -4.13. The molecule has 0 saturated carbocycles. The van der Waals surface area contributed by atoms with Crippen molar-refractivity contribution in [3.63, 3.8) is 0 Å². The number of hydrogen-bond donors (Lipinski definition) is 3. The SMILES string of the molecule is CC(C)(C)c1cc(NC(=O)Nc2ccc(Cc3ccncc3)cc2)n(-c2cccc(N)c2)n1. The van der Waals surface area contributed by atoms with Gasteiger partial charge in [0.1, 0.15) is 5.82 Å². The fourth-order valence-electron chi connectivity index (χ4n) is 3.41. The lowest BCUT2D eigenvalue weighted by Gasteiger charge is -2.14. The maximum atomic E-state index is 12.8. The number of carbonyl (C=O) groups is 1. The second-order valence-corrected chi connectivity index (χ2v) is 8.98. The van der Waals surface area contributed by atoms with Crippen LogP contribution in [0.4, 0.5) is 22.0 Å². The molecule has 0 atom stereocenters. The van der Waals surface area contributed by atoms with Gasteiger partial charge in [0.05, 0.1) is 11.4 Å². The van der Waals surface area contributed by atoms with Crippen LogP contribution in [0.3, 0.4) is 0 Å². The van der Waals surface area contributed by atoms with Crippen molar-refractivity contribution in [3.8, 4) is 5.69 Å². The first-order valence-corrected chi connectivity index (χ1v) is 10.8. The molecule has 0 aliphatic heterocycles. The zero-order valence-electron chi connectivity index (χ0n) is 19.0. The Balaban J connectivity index is 1.49.